The zero-order valence-corrected chi connectivity index (χ0v) is 8.93. The quantitative estimate of drug-likeness (QED) is 0.470. The molecule has 0 aliphatic rings. The van der Waals surface area contributed by atoms with E-state index >= 15 is 0 Å². The summed E-state index contributed by atoms with van der Waals surface area (Å²) in [5.41, 5.74) is 4.74. The van der Waals surface area contributed by atoms with Crippen LogP contribution in [0.4, 0.5) is 0 Å². The molecule has 1 aromatic rings. The molecule has 0 aliphatic carbocycles. The van der Waals surface area contributed by atoms with Gasteiger partial charge in [0, 0.05) is 4.47 Å². The first-order valence-electron chi connectivity index (χ1n) is 3.87. The van der Waals surface area contributed by atoms with Gasteiger partial charge in [0.1, 0.15) is 6.04 Å². The van der Waals surface area contributed by atoms with Crippen molar-refractivity contribution in [3.05, 3.63) is 33.8 Å². The summed E-state index contributed by atoms with van der Waals surface area (Å²) in [5.74, 6) is 7.91. The molecule has 0 heterocycles. The summed E-state index contributed by atoms with van der Waals surface area (Å²) in [5, 5.41) is 0. The van der Waals surface area contributed by atoms with Gasteiger partial charge in [0.25, 0.3) is 0 Å². The van der Waals surface area contributed by atoms with E-state index in [0.717, 1.165) is 15.6 Å². The fourth-order valence-electron chi connectivity index (χ4n) is 1.15. The van der Waals surface area contributed by atoms with Gasteiger partial charge in [-0.1, -0.05) is 27.9 Å². The Labute approximate surface area is 86.6 Å². The summed E-state index contributed by atoms with van der Waals surface area (Å²) in [6.07, 6.45) is 5.33. The lowest BCUT2D eigenvalue weighted by molar-refractivity contribution is 0.670. The van der Waals surface area contributed by atoms with Crippen LogP contribution in [0.15, 0.2) is 22.7 Å². The molecule has 0 bridgehead atoms. The molecule has 0 saturated heterocycles. The van der Waals surface area contributed by atoms with E-state index in [4.69, 9.17) is 12.3 Å². The van der Waals surface area contributed by atoms with Crippen LogP contribution < -0.4 is 11.3 Å². The number of aryl methyl sites for hydroxylation is 1. The third-order valence-electron chi connectivity index (χ3n) is 1.89. The average molecular weight is 239 g/mol. The van der Waals surface area contributed by atoms with Gasteiger partial charge in [-0.25, -0.2) is 5.43 Å². The maximum absolute atomic E-state index is 5.33. The largest absolute Gasteiger partial charge is 0.270 e. The molecule has 3 N–H and O–H groups in total. The molecule has 0 amide bonds. The Balaban J connectivity index is 3.13. The lowest BCUT2D eigenvalue weighted by Gasteiger charge is -2.12. The van der Waals surface area contributed by atoms with Crippen molar-refractivity contribution in [2.75, 3.05) is 0 Å². The van der Waals surface area contributed by atoms with Gasteiger partial charge < -0.3 is 0 Å². The monoisotopic (exact) mass is 238 g/mol. The van der Waals surface area contributed by atoms with Gasteiger partial charge in [-0.3, -0.25) is 5.84 Å². The van der Waals surface area contributed by atoms with Crippen LogP contribution in [0.5, 0.6) is 0 Å². The van der Waals surface area contributed by atoms with Gasteiger partial charge in [-0.2, -0.15) is 0 Å². The summed E-state index contributed by atoms with van der Waals surface area (Å²) < 4.78 is 1.00. The number of halogens is 1. The molecule has 0 fully saturated rings. The highest BCUT2D eigenvalue weighted by Crippen LogP contribution is 2.21. The van der Waals surface area contributed by atoms with E-state index in [0.29, 0.717) is 0 Å². The third kappa shape index (κ3) is 2.31. The average Bonchev–Trinajstić information content (AvgIpc) is 2.13. The number of hydrazine groups is 1. The Morgan fingerprint density at radius 3 is 2.85 bits per heavy atom. The van der Waals surface area contributed by atoms with Crippen LogP contribution in [-0.2, 0) is 0 Å². The smallest absolute Gasteiger partial charge is 0.107 e. The third-order valence-corrected chi connectivity index (χ3v) is 2.38. The molecule has 0 radical (unpaired) electrons. The molecule has 0 spiro atoms. The number of hydrogen-bond acceptors (Lipinski definition) is 2. The minimum Gasteiger partial charge on any atom is -0.270 e. The highest BCUT2D eigenvalue weighted by Gasteiger charge is 2.08. The number of terminal acetylenes is 1. The number of rotatable bonds is 2. The highest BCUT2D eigenvalue weighted by atomic mass is 79.9. The molecule has 13 heavy (non-hydrogen) atoms. The second-order valence-electron chi connectivity index (χ2n) is 2.77. The van der Waals surface area contributed by atoms with Crippen molar-refractivity contribution in [1.29, 1.82) is 0 Å². The van der Waals surface area contributed by atoms with E-state index in [2.05, 4.69) is 27.3 Å². The number of nitrogens with two attached hydrogens (primary N) is 1. The molecule has 0 aromatic heterocycles. The Bertz CT molecular complexity index is 341. The summed E-state index contributed by atoms with van der Waals surface area (Å²) >= 11 is 3.39. The van der Waals surface area contributed by atoms with E-state index in [1.165, 1.54) is 0 Å². The molecule has 68 valence electrons. The van der Waals surface area contributed by atoms with Crippen LogP contribution in [0.1, 0.15) is 17.2 Å². The molecular weight excluding hydrogens is 228 g/mol. The Hall–Kier alpha value is -0.820. The van der Waals surface area contributed by atoms with Crippen molar-refractivity contribution < 1.29 is 0 Å². The maximum Gasteiger partial charge on any atom is 0.107 e. The van der Waals surface area contributed by atoms with Gasteiger partial charge >= 0.3 is 0 Å². The first-order chi connectivity index (χ1) is 6.19. The van der Waals surface area contributed by atoms with Crippen molar-refractivity contribution >= 4 is 15.9 Å². The van der Waals surface area contributed by atoms with Crippen LogP contribution in [-0.4, -0.2) is 0 Å². The topological polar surface area (TPSA) is 38.0 Å². The second kappa shape index (κ2) is 4.43. The van der Waals surface area contributed by atoms with Gasteiger partial charge in [-0.05, 0) is 30.2 Å². The molecule has 2 nitrogen and oxygen atoms in total. The van der Waals surface area contributed by atoms with Crippen molar-refractivity contribution in [2.45, 2.75) is 13.0 Å². The molecule has 1 rings (SSSR count). The summed E-state index contributed by atoms with van der Waals surface area (Å²) in [6.45, 7) is 2.00. The predicted octanol–water partition coefficient (Wildman–Crippen LogP) is 1.90. The van der Waals surface area contributed by atoms with Crippen LogP contribution in [0, 0.1) is 19.3 Å². The molecule has 1 unspecified atom stereocenters. The Morgan fingerprint density at radius 2 is 2.31 bits per heavy atom. The Kier molecular flexibility index (Phi) is 3.49. The maximum atomic E-state index is 5.33. The van der Waals surface area contributed by atoms with Crippen LogP contribution in [0.25, 0.3) is 0 Å². The number of hydrogen-bond donors (Lipinski definition) is 2. The molecule has 1 aromatic carbocycles. The minimum absolute atomic E-state index is 0.225. The number of nitrogens with one attached hydrogen (secondary N) is 1. The number of benzene rings is 1. The summed E-state index contributed by atoms with van der Waals surface area (Å²) in [7, 11) is 0. The lowest BCUT2D eigenvalue weighted by Crippen LogP contribution is -2.27. The van der Waals surface area contributed by atoms with Crippen molar-refractivity contribution in [2.24, 2.45) is 5.84 Å². The highest BCUT2D eigenvalue weighted by molar-refractivity contribution is 9.10. The van der Waals surface area contributed by atoms with Gasteiger partial charge in [0.15, 0.2) is 0 Å². The van der Waals surface area contributed by atoms with E-state index in [1.807, 2.05) is 25.1 Å². The van der Waals surface area contributed by atoms with Gasteiger partial charge in [0.2, 0.25) is 0 Å². The van der Waals surface area contributed by atoms with Crippen molar-refractivity contribution in [3.63, 3.8) is 0 Å². The van der Waals surface area contributed by atoms with Crippen molar-refractivity contribution in [3.8, 4) is 12.3 Å². The predicted molar refractivity (Wildman–Crippen MR) is 57.8 cm³/mol. The van der Waals surface area contributed by atoms with Crippen LogP contribution in [0.2, 0.25) is 0 Å². The van der Waals surface area contributed by atoms with Gasteiger partial charge in [0.05, 0.1) is 0 Å². The standard InChI is InChI=1S/C10H11BrN2/c1-3-10(13-12)9-6-8(11)5-4-7(9)2/h1,4-6,10,13H,12H2,2H3. The molecule has 3 heteroatoms. The summed E-state index contributed by atoms with van der Waals surface area (Å²) in [6, 6.07) is 5.72. The lowest BCUT2D eigenvalue weighted by atomic mass is 10.0. The van der Waals surface area contributed by atoms with Crippen LogP contribution in [0.3, 0.4) is 0 Å². The minimum atomic E-state index is -0.225. The molecule has 0 saturated carbocycles. The molecule has 1 atom stereocenters. The van der Waals surface area contributed by atoms with Crippen LogP contribution >= 0.6 is 15.9 Å². The Morgan fingerprint density at radius 1 is 1.62 bits per heavy atom. The first kappa shape index (κ1) is 10.3. The second-order valence-corrected chi connectivity index (χ2v) is 3.68. The van der Waals surface area contributed by atoms with E-state index in [9.17, 15) is 0 Å². The first-order valence-corrected chi connectivity index (χ1v) is 4.66. The van der Waals surface area contributed by atoms with E-state index < -0.39 is 0 Å². The normalized spacial score (nSPS) is 12.2. The SMILES string of the molecule is C#CC(NN)c1cc(Br)ccc1C. The van der Waals surface area contributed by atoms with E-state index in [1.54, 1.807) is 0 Å². The zero-order chi connectivity index (χ0) is 9.84. The summed E-state index contributed by atoms with van der Waals surface area (Å²) in [4.78, 5) is 0. The van der Waals surface area contributed by atoms with Gasteiger partial charge in [-0.15, -0.1) is 6.42 Å². The fourth-order valence-corrected chi connectivity index (χ4v) is 1.53. The molecule has 0 aliphatic heterocycles. The molecular formula is C10H11BrN2. The zero-order valence-electron chi connectivity index (χ0n) is 7.34. The fraction of sp³-hybridized carbons (Fsp3) is 0.200. The van der Waals surface area contributed by atoms with E-state index in [-0.39, 0.29) is 6.04 Å². The van der Waals surface area contributed by atoms with Crippen molar-refractivity contribution in [1.82, 2.24) is 5.43 Å².